The molecule has 8 nitrogen and oxygen atoms in total. The number of benzene rings is 1. The predicted molar refractivity (Wildman–Crippen MR) is 110 cm³/mol. The first-order valence-electron chi connectivity index (χ1n) is 10.1. The molecule has 156 valence electrons. The molecule has 9 heteroatoms. The Bertz CT molecular complexity index is 1180. The van der Waals surface area contributed by atoms with Crippen molar-refractivity contribution >= 4 is 35.3 Å². The minimum absolute atomic E-state index is 0.108. The Morgan fingerprint density at radius 1 is 1.10 bits per heavy atom. The first kappa shape index (κ1) is 18.5. The number of hydrogen-bond acceptors (Lipinski definition) is 6. The van der Waals surface area contributed by atoms with E-state index in [9.17, 15) is 19.7 Å². The lowest BCUT2D eigenvalue weighted by Crippen LogP contribution is -2.40. The highest BCUT2D eigenvalue weighted by atomic mass is 35.5. The number of furan rings is 1. The van der Waals surface area contributed by atoms with Crippen molar-refractivity contribution in [2.45, 2.75) is 6.42 Å². The molecule has 5 aliphatic rings. The Morgan fingerprint density at radius 3 is 2.42 bits per heavy atom. The number of carbonyl (C=O) groups excluding carboxylic acids is 2. The topological polar surface area (TPSA) is 106 Å². The molecule has 0 unspecified atom stereocenters. The van der Waals surface area contributed by atoms with E-state index in [1.165, 1.54) is 24.4 Å². The third-order valence-corrected chi connectivity index (χ3v) is 7.32. The van der Waals surface area contributed by atoms with E-state index in [2.05, 4.69) is 17.3 Å². The summed E-state index contributed by atoms with van der Waals surface area (Å²) in [7, 11) is 0. The summed E-state index contributed by atoms with van der Waals surface area (Å²) in [5, 5.41) is 16.5. The van der Waals surface area contributed by atoms with Crippen LogP contribution in [-0.2, 0) is 9.59 Å². The quantitative estimate of drug-likeness (QED) is 0.237. The van der Waals surface area contributed by atoms with Gasteiger partial charge in [-0.1, -0.05) is 23.8 Å². The number of rotatable bonds is 4. The summed E-state index contributed by atoms with van der Waals surface area (Å²) in [4.78, 5) is 36.4. The van der Waals surface area contributed by atoms with Gasteiger partial charge in [-0.25, -0.2) is 0 Å². The minimum Gasteiger partial charge on any atom is -0.455 e. The molecular formula is C22H16ClN3O5. The Balaban J connectivity index is 1.25. The normalized spacial score (nSPS) is 32.6. The zero-order valence-electron chi connectivity index (χ0n) is 16.1. The van der Waals surface area contributed by atoms with E-state index in [1.54, 1.807) is 12.1 Å². The number of hydrazone groups is 1. The van der Waals surface area contributed by atoms with Gasteiger partial charge in [0, 0.05) is 17.7 Å². The number of imide groups is 1. The van der Waals surface area contributed by atoms with Gasteiger partial charge in [-0.3, -0.25) is 19.7 Å². The maximum Gasteiger partial charge on any atom is 0.270 e. The van der Waals surface area contributed by atoms with Gasteiger partial charge < -0.3 is 4.42 Å². The van der Waals surface area contributed by atoms with Crippen LogP contribution in [0.5, 0.6) is 0 Å². The number of amides is 2. The van der Waals surface area contributed by atoms with Crippen molar-refractivity contribution in [1.82, 2.24) is 5.01 Å². The molecule has 31 heavy (non-hydrogen) atoms. The fraction of sp³-hybridized carbons (Fsp3) is 0.318. The van der Waals surface area contributed by atoms with Gasteiger partial charge in [0.15, 0.2) is 0 Å². The largest absolute Gasteiger partial charge is 0.455 e. The van der Waals surface area contributed by atoms with Crippen molar-refractivity contribution in [2.24, 2.45) is 40.6 Å². The Labute approximate surface area is 181 Å². The van der Waals surface area contributed by atoms with E-state index in [4.69, 9.17) is 16.0 Å². The zero-order chi connectivity index (χ0) is 21.4. The molecule has 1 aromatic heterocycles. The lowest BCUT2D eigenvalue weighted by molar-refractivity contribution is -0.384. The number of nitro benzene ring substituents is 1. The SMILES string of the molecule is O=C1[C@@H]2[C@@H]3C=C[C@H]([C@H]4C[C@@H]34)[C@@H]2C(=O)N1/N=C\c1ccc(-c2cc([N+](=O)[O-])ccc2Cl)o1. The number of nitrogens with zero attached hydrogens (tertiary/aromatic N) is 3. The second-order valence-corrected chi connectivity index (χ2v) is 8.92. The standard InChI is InChI=1S/C22H16ClN3O5/c23-17-5-1-10(26(29)30)7-16(17)18-6-2-11(31-18)9-24-25-21(27)19-12-3-4-13(15-8-14(12)15)20(19)22(25)28/h1-7,9,12-15,19-20H,8H2/b24-9-/t12-,13-,14-,15+,19+,20-/m1/s1. The molecule has 3 fully saturated rings. The van der Waals surface area contributed by atoms with Gasteiger partial charge in [0.05, 0.1) is 28.0 Å². The number of hydrogen-bond donors (Lipinski definition) is 0. The molecule has 2 aromatic rings. The maximum absolute atomic E-state index is 12.9. The summed E-state index contributed by atoms with van der Waals surface area (Å²) in [6.45, 7) is 0. The van der Waals surface area contributed by atoms with E-state index < -0.39 is 4.92 Å². The maximum atomic E-state index is 12.9. The molecule has 1 saturated heterocycles. The molecule has 6 atom stereocenters. The van der Waals surface area contributed by atoms with Gasteiger partial charge in [-0.15, -0.1) is 0 Å². The van der Waals surface area contributed by atoms with E-state index in [-0.39, 0.29) is 41.2 Å². The van der Waals surface area contributed by atoms with Crippen molar-refractivity contribution in [3.05, 3.63) is 63.4 Å². The first-order chi connectivity index (χ1) is 14.9. The molecule has 0 N–H and O–H groups in total. The van der Waals surface area contributed by atoms with Crippen molar-refractivity contribution in [3.8, 4) is 11.3 Å². The highest BCUT2D eigenvalue weighted by Gasteiger charge is 2.67. The van der Waals surface area contributed by atoms with E-state index in [1.807, 2.05) is 0 Å². The number of allylic oxidation sites excluding steroid dienone is 2. The molecule has 7 rings (SSSR count). The summed E-state index contributed by atoms with van der Waals surface area (Å²) in [6.07, 6.45) is 6.65. The molecule has 4 aliphatic carbocycles. The molecule has 0 radical (unpaired) electrons. The predicted octanol–water partition coefficient (Wildman–Crippen LogP) is 3.90. The smallest absolute Gasteiger partial charge is 0.270 e. The molecule has 1 aliphatic heterocycles. The Kier molecular flexibility index (Phi) is 3.80. The van der Waals surface area contributed by atoms with Crippen LogP contribution in [0.15, 0.2) is 52.0 Å². The summed E-state index contributed by atoms with van der Waals surface area (Å²) in [5.41, 5.74) is 0.264. The van der Waals surface area contributed by atoms with Crippen LogP contribution in [0.25, 0.3) is 11.3 Å². The van der Waals surface area contributed by atoms with Crippen LogP contribution in [0.3, 0.4) is 0 Å². The molecule has 0 spiro atoms. The van der Waals surface area contributed by atoms with Gasteiger partial charge in [0.2, 0.25) is 0 Å². The lowest BCUT2D eigenvalue weighted by atomic mass is 9.63. The summed E-state index contributed by atoms with van der Waals surface area (Å²) < 4.78 is 5.69. The Hall–Kier alpha value is -3.26. The molecule has 1 aromatic carbocycles. The van der Waals surface area contributed by atoms with E-state index in [0.717, 1.165) is 11.4 Å². The third kappa shape index (κ3) is 2.64. The summed E-state index contributed by atoms with van der Waals surface area (Å²) >= 11 is 6.16. The minimum atomic E-state index is -0.513. The molecule has 2 bridgehead atoms. The molecule has 2 amide bonds. The fourth-order valence-electron chi connectivity index (χ4n) is 5.55. The van der Waals surface area contributed by atoms with Crippen LogP contribution in [0.2, 0.25) is 5.02 Å². The van der Waals surface area contributed by atoms with Gasteiger partial charge in [-0.2, -0.15) is 10.1 Å². The number of non-ortho nitro benzene ring substituents is 1. The summed E-state index contributed by atoms with van der Waals surface area (Å²) in [5.74, 6) is 0.869. The van der Waals surface area contributed by atoms with E-state index >= 15 is 0 Å². The van der Waals surface area contributed by atoms with Gasteiger partial charge in [0.25, 0.3) is 17.5 Å². The second kappa shape index (κ2) is 6.37. The van der Waals surface area contributed by atoms with E-state index in [0.29, 0.717) is 33.9 Å². The van der Waals surface area contributed by atoms with Gasteiger partial charge in [-0.05, 0) is 48.3 Å². The average molecular weight is 438 g/mol. The van der Waals surface area contributed by atoms with Gasteiger partial charge >= 0.3 is 0 Å². The van der Waals surface area contributed by atoms with Crippen molar-refractivity contribution in [3.63, 3.8) is 0 Å². The number of halogens is 1. The van der Waals surface area contributed by atoms with Crippen LogP contribution in [0.4, 0.5) is 5.69 Å². The second-order valence-electron chi connectivity index (χ2n) is 8.51. The van der Waals surface area contributed by atoms with Gasteiger partial charge in [0.1, 0.15) is 11.5 Å². The zero-order valence-corrected chi connectivity index (χ0v) is 16.8. The van der Waals surface area contributed by atoms with Crippen LogP contribution in [0, 0.1) is 45.6 Å². The molecule has 2 saturated carbocycles. The average Bonchev–Trinajstić information content (AvgIpc) is 3.40. The van der Waals surface area contributed by atoms with Crippen LogP contribution >= 0.6 is 11.6 Å². The lowest BCUT2D eigenvalue weighted by Gasteiger charge is -2.37. The highest BCUT2D eigenvalue weighted by Crippen LogP contribution is 2.65. The van der Waals surface area contributed by atoms with Crippen LogP contribution in [0.1, 0.15) is 12.2 Å². The Morgan fingerprint density at radius 2 is 1.77 bits per heavy atom. The number of carbonyl (C=O) groups is 2. The van der Waals surface area contributed by atoms with Crippen LogP contribution < -0.4 is 0 Å². The molecular weight excluding hydrogens is 422 g/mol. The third-order valence-electron chi connectivity index (χ3n) is 6.99. The highest BCUT2D eigenvalue weighted by molar-refractivity contribution is 6.33. The monoisotopic (exact) mass is 437 g/mol. The van der Waals surface area contributed by atoms with Crippen molar-refractivity contribution in [2.75, 3.05) is 0 Å². The van der Waals surface area contributed by atoms with Crippen molar-refractivity contribution < 1.29 is 18.9 Å². The molecule has 2 heterocycles. The number of nitro groups is 1. The first-order valence-corrected chi connectivity index (χ1v) is 10.5. The van der Waals surface area contributed by atoms with Crippen molar-refractivity contribution in [1.29, 1.82) is 0 Å². The fourth-order valence-corrected chi connectivity index (χ4v) is 5.76. The van der Waals surface area contributed by atoms with Crippen LogP contribution in [-0.4, -0.2) is 28.0 Å². The summed E-state index contributed by atoms with van der Waals surface area (Å²) in [6, 6.07) is 7.28.